The minimum absolute atomic E-state index is 0.144. The average Bonchev–Trinajstić information content (AvgIpc) is 2.46. The van der Waals surface area contributed by atoms with Crippen molar-refractivity contribution >= 4 is 11.9 Å². The van der Waals surface area contributed by atoms with E-state index in [1.807, 2.05) is 13.8 Å². The quantitative estimate of drug-likeness (QED) is 0.386. The molecular formula is C18H30O4. The normalized spacial score (nSPS) is 21.8. The van der Waals surface area contributed by atoms with E-state index in [0.29, 0.717) is 25.2 Å². The molecule has 1 aliphatic carbocycles. The lowest BCUT2D eigenvalue weighted by Crippen LogP contribution is -2.45. The van der Waals surface area contributed by atoms with Gasteiger partial charge in [-0.2, -0.15) is 0 Å². The van der Waals surface area contributed by atoms with Crippen LogP contribution in [-0.4, -0.2) is 25.2 Å². The molecule has 0 saturated heterocycles. The topological polar surface area (TPSA) is 52.6 Å². The van der Waals surface area contributed by atoms with Crippen LogP contribution in [0.25, 0.3) is 0 Å². The first kappa shape index (κ1) is 18.7. The lowest BCUT2D eigenvalue weighted by molar-refractivity contribution is -0.155. The van der Waals surface area contributed by atoms with Crippen LogP contribution >= 0.6 is 0 Å². The number of allylic oxidation sites excluding steroid dienone is 1. The monoisotopic (exact) mass is 310 g/mol. The van der Waals surface area contributed by atoms with Gasteiger partial charge in [0.25, 0.3) is 0 Å². The molecule has 0 aromatic carbocycles. The Balaban J connectivity index is 2.62. The van der Waals surface area contributed by atoms with Crippen molar-refractivity contribution in [1.82, 2.24) is 0 Å². The van der Waals surface area contributed by atoms with E-state index in [2.05, 4.69) is 13.8 Å². The van der Waals surface area contributed by atoms with E-state index in [0.717, 1.165) is 31.3 Å². The van der Waals surface area contributed by atoms with Gasteiger partial charge < -0.3 is 9.47 Å². The third kappa shape index (κ3) is 4.34. The standard InChI is InChI=1S/C18H30O4/c1-6-8-10-21-16(19)13(3)14-12-15(18(14,4)5)17(20)22-11-9-7-2/h15H,6-12H2,1-5H3/b14-13+. The molecule has 1 aliphatic rings. The summed E-state index contributed by atoms with van der Waals surface area (Å²) in [6, 6.07) is 0. The molecule has 22 heavy (non-hydrogen) atoms. The van der Waals surface area contributed by atoms with Gasteiger partial charge in [0.1, 0.15) is 0 Å². The predicted octanol–water partition coefficient (Wildman–Crippen LogP) is 4.04. The zero-order valence-electron chi connectivity index (χ0n) is 14.7. The Hall–Kier alpha value is -1.32. The smallest absolute Gasteiger partial charge is 0.333 e. The van der Waals surface area contributed by atoms with E-state index in [1.54, 1.807) is 6.92 Å². The van der Waals surface area contributed by atoms with Gasteiger partial charge in [-0.3, -0.25) is 4.79 Å². The molecule has 0 amide bonds. The number of carbonyl (C=O) groups is 2. The van der Waals surface area contributed by atoms with E-state index in [-0.39, 0.29) is 23.3 Å². The summed E-state index contributed by atoms with van der Waals surface area (Å²) in [5.41, 5.74) is 1.35. The Kier molecular flexibility index (Phi) is 7.11. The first-order valence-electron chi connectivity index (χ1n) is 8.40. The molecule has 0 aromatic heterocycles. The van der Waals surface area contributed by atoms with Gasteiger partial charge >= 0.3 is 11.9 Å². The summed E-state index contributed by atoms with van der Waals surface area (Å²) in [4.78, 5) is 24.1. The molecule has 0 aromatic rings. The molecule has 0 N–H and O–H groups in total. The first-order valence-corrected chi connectivity index (χ1v) is 8.40. The molecule has 1 saturated carbocycles. The van der Waals surface area contributed by atoms with Crippen molar-refractivity contribution in [3.8, 4) is 0 Å². The van der Waals surface area contributed by atoms with Gasteiger partial charge in [0.05, 0.1) is 19.1 Å². The van der Waals surface area contributed by atoms with Crippen LogP contribution in [0, 0.1) is 11.3 Å². The van der Waals surface area contributed by atoms with Gasteiger partial charge in [0.15, 0.2) is 0 Å². The first-order chi connectivity index (χ1) is 10.4. The van der Waals surface area contributed by atoms with Gasteiger partial charge in [0, 0.05) is 11.0 Å². The van der Waals surface area contributed by atoms with Crippen LogP contribution in [0.1, 0.15) is 66.7 Å². The van der Waals surface area contributed by atoms with Crippen LogP contribution < -0.4 is 0 Å². The zero-order valence-corrected chi connectivity index (χ0v) is 14.7. The van der Waals surface area contributed by atoms with E-state index in [9.17, 15) is 9.59 Å². The third-order valence-corrected chi connectivity index (χ3v) is 4.57. The van der Waals surface area contributed by atoms with Gasteiger partial charge in [-0.25, -0.2) is 4.79 Å². The SMILES string of the molecule is CCCCOC(=O)/C(C)=C1\CC(C(=O)OCCCC)C1(C)C. The number of esters is 2. The van der Waals surface area contributed by atoms with Crippen LogP contribution in [0.5, 0.6) is 0 Å². The summed E-state index contributed by atoms with van der Waals surface area (Å²) in [6.45, 7) is 10.9. The lowest BCUT2D eigenvalue weighted by Gasteiger charge is -2.46. The maximum Gasteiger partial charge on any atom is 0.333 e. The highest BCUT2D eigenvalue weighted by Gasteiger charge is 2.50. The molecule has 0 bridgehead atoms. The molecule has 1 fully saturated rings. The van der Waals surface area contributed by atoms with E-state index < -0.39 is 0 Å². The van der Waals surface area contributed by atoms with Crippen molar-refractivity contribution in [1.29, 1.82) is 0 Å². The van der Waals surface area contributed by atoms with Crippen molar-refractivity contribution in [2.24, 2.45) is 11.3 Å². The molecule has 0 spiro atoms. The Bertz CT molecular complexity index is 434. The summed E-state index contributed by atoms with van der Waals surface area (Å²) >= 11 is 0. The maximum absolute atomic E-state index is 12.1. The Morgan fingerprint density at radius 1 is 1.09 bits per heavy atom. The van der Waals surface area contributed by atoms with Crippen LogP contribution in [0.2, 0.25) is 0 Å². The van der Waals surface area contributed by atoms with Crippen molar-refractivity contribution in [2.45, 2.75) is 66.7 Å². The molecule has 1 unspecified atom stereocenters. The van der Waals surface area contributed by atoms with Gasteiger partial charge in [-0.15, -0.1) is 0 Å². The Morgan fingerprint density at radius 2 is 1.64 bits per heavy atom. The Labute approximate surface area is 134 Å². The van der Waals surface area contributed by atoms with Gasteiger partial charge in [0.2, 0.25) is 0 Å². The zero-order chi connectivity index (χ0) is 16.8. The van der Waals surface area contributed by atoms with Crippen molar-refractivity contribution in [3.05, 3.63) is 11.1 Å². The Morgan fingerprint density at radius 3 is 2.14 bits per heavy atom. The number of hydrogen-bond acceptors (Lipinski definition) is 4. The predicted molar refractivity (Wildman–Crippen MR) is 86.3 cm³/mol. The van der Waals surface area contributed by atoms with Crippen molar-refractivity contribution in [2.75, 3.05) is 13.2 Å². The van der Waals surface area contributed by atoms with E-state index in [1.165, 1.54) is 0 Å². The molecule has 0 radical (unpaired) electrons. The van der Waals surface area contributed by atoms with Crippen molar-refractivity contribution < 1.29 is 19.1 Å². The molecular weight excluding hydrogens is 280 g/mol. The number of carbonyl (C=O) groups excluding carboxylic acids is 2. The molecule has 126 valence electrons. The summed E-state index contributed by atoms with van der Waals surface area (Å²) in [5, 5.41) is 0. The fourth-order valence-electron chi connectivity index (χ4n) is 2.77. The van der Waals surface area contributed by atoms with Crippen LogP contribution in [0.3, 0.4) is 0 Å². The number of ether oxygens (including phenoxy) is 2. The fourth-order valence-corrected chi connectivity index (χ4v) is 2.77. The number of hydrogen-bond donors (Lipinski definition) is 0. The molecule has 0 aliphatic heterocycles. The maximum atomic E-state index is 12.1. The van der Waals surface area contributed by atoms with Crippen LogP contribution in [0.15, 0.2) is 11.1 Å². The minimum atomic E-state index is -0.322. The molecule has 1 atom stereocenters. The highest BCUT2D eigenvalue weighted by atomic mass is 16.5. The average molecular weight is 310 g/mol. The van der Waals surface area contributed by atoms with Crippen molar-refractivity contribution in [3.63, 3.8) is 0 Å². The highest BCUT2D eigenvalue weighted by Crippen LogP contribution is 2.52. The largest absolute Gasteiger partial charge is 0.465 e. The van der Waals surface area contributed by atoms with Crippen LogP contribution in [-0.2, 0) is 19.1 Å². The minimum Gasteiger partial charge on any atom is -0.465 e. The lowest BCUT2D eigenvalue weighted by atomic mass is 9.57. The molecule has 0 heterocycles. The molecule has 4 heteroatoms. The van der Waals surface area contributed by atoms with E-state index in [4.69, 9.17) is 9.47 Å². The fraction of sp³-hybridized carbons (Fsp3) is 0.778. The second kappa shape index (κ2) is 8.35. The summed E-state index contributed by atoms with van der Waals surface area (Å²) in [7, 11) is 0. The third-order valence-electron chi connectivity index (χ3n) is 4.57. The molecule has 1 rings (SSSR count). The second-order valence-electron chi connectivity index (χ2n) is 6.59. The number of rotatable bonds is 8. The van der Waals surface area contributed by atoms with Crippen LogP contribution in [0.4, 0.5) is 0 Å². The molecule has 4 nitrogen and oxygen atoms in total. The van der Waals surface area contributed by atoms with E-state index >= 15 is 0 Å². The second-order valence-corrected chi connectivity index (χ2v) is 6.59. The number of unbranched alkanes of at least 4 members (excludes halogenated alkanes) is 2. The summed E-state index contributed by atoms with van der Waals surface area (Å²) in [5.74, 6) is -0.554. The highest BCUT2D eigenvalue weighted by molar-refractivity contribution is 5.90. The summed E-state index contributed by atoms with van der Waals surface area (Å²) < 4.78 is 10.6. The van der Waals surface area contributed by atoms with Gasteiger partial charge in [-0.1, -0.05) is 46.1 Å². The summed E-state index contributed by atoms with van der Waals surface area (Å²) in [6.07, 6.45) is 4.39. The van der Waals surface area contributed by atoms with Gasteiger partial charge in [-0.05, 0) is 26.2 Å².